The van der Waals surface area contributed by atoms with Crippen molar-refractivity contribution in [1.29, 1.82) is 0 Å². The highest BCUT2D eigenvalue weighted by molar-refractivity contribution is 5.28. The predicted molar refractivity (Wildman–Crippen MR) is 53.8 cm³/mol. The number of aromatic hydroxyl groups is 1. The maximum atomic E-state index is 9.25. The molecule has 0 unspecified atom stereocenters. The second-order valence-corrected chi connectivity index (χ2v) is 3.08. The highest BCUT2D eigenvalue weighted by Gasteiger charge is 1.99. The van der Waals surface area contributed by atoms with Gasteiger partial charge < -0.3 is 15.4 Å². The van der Waals surface area contributed by atoms with E-state index in [1.165, 1.54) is 0 Å². The van der Waals surface area contributed by atoms with Gasteiger partial charge in [-0.3, -0.25) is 0 Å². The van der Waals surface area contributed by atoms with Crippen molar-refractivity contribution in [2.24, 2.45) is 0 Å². The van der Waals surface area contributed by atoms with Gasteiger partial charge in [0.2, 0.25) is 0 Å². The number of phenols is 1. The zero-order valence-corrected chi connectivity index (χ0v) is 7.59. The van der Waals surface area contributed by atoms with Crippen LogP contribution in [-0.2, 0) is 6.54 Å². The Kier molecular flexibility index (Phi) is 2.10. The van der Waals surface area contributed by atoms with E-state index in [0.29, 0.717) is 12.5 Å². The lowest BCUT2D eigenvalue weighted by molar-refractivity contribution is 0.474. The van der Waals surface area contributed by atoms with Crippen LogP contribution in [0.3, 0.4) is 0 Å². The number of benzene rings is 1. The molecule has 14 heavy (non-hydrogen) atoms. The average Bonchev–Trinajstić information content (AvgIpc) is 2.52. The summed E-state index contributed by atoms with van der Waals surface area (Å²) in [5.41, 5.74) is 6.61. The molecule has 1 heterocycles. The van der Waals surface area contributed by atoms with Crippen molar-refractivity contribution in [1.82, 2.24) is 9.55 Å². The molecule has 0 aliphatic rings. The minimum absolute atomic E-state index is 0.265. The Balaban J connectivity index is 2.23. The van der Waals surface area contributed by atoms with Crippen molar-refractivity contribution in [3.63, 3.8) is 0 Å². The van der Waals surface area contributed by atoms with E-state index in [0.717, 1.165) is 5.56 Å². The first kappa shape index (κ1) is 8.62. The van der Waals surface area contributed by atoms with Crippen LogP contribution in [0.15, 0.2) is 36.7 Å². The summed E-state index contributed by atoms with van der Waals surface area (Å²) >= 11 is 0. The third-order valence-corrected chi connectivity index (χ3v) is 2.01. The number of hydrogen-bond acceptors (Lipinski definition) is 3. The molecule has 0 saturated carbocycles. The zero-order chi connectivity index (χ0) is 9.97. The van der Waals surface area contributed by atoms with Crippen LogP contribution in [0.4, 0.5) is 5.95 Å². The number of aromatic nitrogens is 2. The SMILES string of the molecule is Nc1nccn1Cc1cccc(O)c1. The van der Waals surface area contributed by atoms with Gasteiger partial charge in [0.05, 0.1) is 6.54 Å². The molecule has 0 aliphatic heterocycles. The van der Waals surface area contributed by atoms with Gasteiger partial charge in [-0.15, -0.1) is 0 Å². The van der Waals surface area contributed by atoms with Crippen molar-refractivity contribution < 1.29 is 5.11 Å². The first-order chi connectivity index (χ1) is 6.75. The smallest absolute Gasteiger partial charge is 0.200 e. The maximum Gasteiger partial charge on any atom is 0.200 e. The molecule has 3 N–H and O–H groups in total. The molecule has 2 rings (SSSR count). The number of anilines is 1. The molecule has 0 atom stereocenters. The van der Waals surface area contributed by atoms with Crippen LogP contribution < -0.4 is 5.73 Å². The number of phenolic OH excluding ortho intramolecular Hbond substituents is 1. The van der Waals surface area contributed by atoms with Crippen LogP contribution in [0.25, 0.3) is 0 Å². The van der Waals surface area contributed by atoms with Crippen LogP contribution in [0.2, 0.25) is 0 Å². The molecule has 0 bridgehead atoms. The summed E-state index contributed by atoms with van der Waals surface area (Å²) in [6.45, 7) is 0.625. The fourth-order valence-electron chi connectivity index (χ4n) is 1.33. The second kappa shape index (κ2) is 3.41. The lowest BCUT2D eigenvalue weighted by atomic mass is 10.2. The first-order valence-electron chi connectivity index (χ1n) is 4.30. The van der Waals surface area contributed by atoms with Gasteiger partial charge in [0, 0.05) is 12.4 Å². The van der Waals surface area contributed by atoms with Crippen molar-refractivity contribution in [2.45, 2.75) is 6.54 Å². The molecule has 1 aromatic heterocycles. The first-order valence-corrected chi connectivity index (χ1v) is 4.30. The average molecular weight is 189 g/mol. The Labute approximate surface area is 81.6 Å². The van der Waals surface area contributed by atoms with E-state index in [-0.39, 0.29) is 5.75 Å². The molecule has 0 spiro atoms. The summed E-state index contributed by atoms with van der Waals surface area (Å²) < 4.78 is 1.81. The van der Waals surface area contributed by atoms with E-state index in [4.69, 9.17) is 5.73 Å². The summed E-state index contributed by atoms with van der Waals surface area (Å²) in [7, 11) is 0. The van der Waals surface area contributed by atoms with E-state index < -0.39 is 0 Å². The summed E-state index contributed by atoms with van der Waals surface area (Å²) in [6.07, 6.45) is 3.46. The predicted octanol–water partition coefficient (Wildman–Crippen LogP) is 1.22. The van der Waals surface area contributed by atoms with E-state index in [1.807, 2.05) is 10.6 Å². The molecular weight excluding hydrogens is 178 g/mol. The Morgan fingerprint density at radius 1 is 1.43 bits per heavy atom. The number of imidazole rings is 1. The molecule has 0 amide bonds. The Morgan fingerprint density at radius 2 is 2.29 bits per heavy atom. The lowest BCUT2D eigenvalue weighted by Crippen LogP contribution is -2.03. The molecule has 2 aromatic rings. The fourth-order valence-corrected chi connectivity index (χ4v) is 1.33. The van der Waals surface area contributed by atoms with Crippen molar-refractivity contribution in [3.8, 4) is 5.75 Å². The van der Waals surface area contributed by atoms with Crippen molar-refractivity contribution in [2.75, 3.05) is 5.73 Å². The van der Waals surface area contributed by atoms with E-state index in [2.05, 4.69) is 4.98 Å². The molecule has 4 heteroatoms. The van der Waals surface area contributed by atoms with Crippen molar-refractivity contribution >= 4 is 5.95 Å². The number of hydrogen-bond donors (Lipinski definition) is 2. The largest absolute Gasteiger partial charge is 0.508 e. The lowest BCUT2D eigenvalue weighted by Gasteiger charge is -2.04. The van der Waals surface area contributed by atoms with Gasteiger partial charge in [-0.05, 0) is 17.7 Å². The zero-order valence-electron chi connectivity index (χ0n) is 7.59. The molecule has 0 saturated heterocycles. The highest BCUT2D eigenvalue weighted by Crippen LogP contribution is 2.13. The summed E-state index contributed by atoms with van der Waals surface area (Å²) in [6, 6.07) is 7.08. The molecule has 1 aromatic carbocycles. The van der Waals surface area contributed by atoms with Crippen LogP contribution >= 0.6 is 0 Å². The Hall–Kier alpha value is -1.97. The number of nitrogen functional groups attached to an aromatic ring is 1. The fraction of sp³-hybridized carbons (Fsp3) is 0.100. The van der Waals surface area contributed by atoms with Crippen LogP contribution in [-0.4, -0.2) is 14.7 Å². The summed E-state index contributed by atoms with van der Waals surface area (Å²) in [5, 5.41) is 9.25. The monoisotopic (exact) mass is 189 g/mol. The molecular formula is C10H11N3O. The van der Waals surface area contributed by atoms with E-state index in [9.17, 15) is 5.11 Å². The van der Waals surface area contributed by atoms with Gasteiger partial charge in [-0.2, -0.15) is 0 Å². The van der Waals surface area contributed by atoms with Gasteiger partial charge in [0.1, 0.15) is 5.75 Å². The third kappa shape index (κ3) is 1.69. The number of rotatable bonds is 2. The Morgan fingerprint density at radius 3 is 2.93 bits per heavy atom. The molecule has 0 aliphatic carbocycles. The maximum absolute atomic E-state index is 9.25. The van der Waals surface area contributed by atoms with Gasteiger partial charge in [0.25, 0.3) is 0 Å². The van der Waals surface area contributed by atoms with Crippen LogP contribution in [0.5, 0.6) is 5.75 Å². The molecule has 0 fully saturated rings. The minimum atomic E-state index is 0.265. The Bertz CT molecular complexity index is 436. The molecule has 0 radical (unpaired) electrons. The third-order valence-electron chi connectivity index (χ3n) is 2.01. The number of nitrogens with zero attached hydrogens (tertiary/aromatic N) is 2. The highest BCUT2D eigenvalue weighted by atomic mass is 16.3. The topological polar surface area (TPSA) is 64.1 Å². The standard InChI is InChI=1S/C10H11N3O/c11-10-12-4-5-13(10)7-8-2-1-3-9(14)6-8/h1-6,14H,7H2,(H2,11,12). The molecule has 72 valence electrons. The quantitative estimate of drug-likeness (QED) is 0.746. The van der Waals surface area contributed by atoms with Crippen LogP contribution in [0, 0.1) is 0 Å². The normalized spacial score (nSPS) is 10.3. The van der Waals surface area contributed by atoms with Gasteiger partial charge in [-0.1, -0.05) is 12.1 Å². The van der Waals surface area contributed by atoms with Gasteiger partial charge in [-0.25, -0.2) is 4.98 Å². The molecule has 4 nitrogen and oxygen atoms in total. The summed E-state index contributed by atoms with van der Waals surface area (Å²) in [4.78, 5) is 3.91. The van der Waals surface area contributed by atoms with Gasteiger partial charge in [0.15, 0.2) is 5.95 Å². The second-order valence-electron chi connectivity index (χ2n) is 3.08. The van der Waals surface area contributed by atoms with E-state index in [1.54, 1.807) is 30.6 Å². The minimum Gasteiger partial charge on any atom is -0.508 e. The van der Waals surface area contributed by atoms with Gasteiger partial charge >= 0.3 is 0 Å². The summed E-state index contributed by atoms with van der Waals surface area (Å²) in [5.74, 6) is 0.745. The van der Waals surface area contributed by atoms with E-state index >= 15 is 0 Å². The van der Waals surface area contributed by atoms with Crippen molar-refractivity contribution in [3.05, 3.63) is 42.2 Å². The number of nitrogens with two attached hydrogens (primary N) is 1. The van der Waals surface area contributed by atoms with Crippen LogP contribution in [0.1, 0.15) is 5.56 Å².